The Balaban J connectivity index is 2.39. The summed E-state index contributed by atoms with van der Waals surface area (Å²) in [5, 5.41) is 2.77. The van der Waals surface area contributed by atoms with Gasteiger partial charge in [-0.3, -0.25) is 4.79 Å². The fraction of sp³-hybridized carbons (Fsp3) is 0.316. The standard InChI is InChI=1S/C19H24N4O/c1-4-6-13-23(3)17-14-16(19(24)20-12-5-2)21-18(22-17)15-10-8-7-9-11-15/h5,7-11,14H,2,4,6,12-13H2,1,3H3,(H,20,24). The lowest BCUT2D eigenvalue weighted by molar-refractivity contribution is 0.0953. The Labute approximate surface area is 143 Å². The highest BCUT2D eigenvalue weighted by molar-refractivity contribution is 5.93. The Morgan fingerprint density at radius 3 is 2.71 bits per heavy atom. The summed E-state index contributed by atoms with van der Waals surface area (Å²) in [5.74, 6) is 1.08. The van der Waals surface area contributed by atoms with Crippen LogP contribution in [0.3, 0.4) is 0 Å². The van der Waals surface area contributed by atoms with Crippen LogP contribution in [0.4, 0.5) is 5.82 Å². The van der Waals surface area contributed by atoms with E-state index < -0.39 is 0 Å². The van der Waals surface area contributed by atoms with Crippen molar-refractivity contribution in [2.45, 2.75) is 19.8 Å². The maximum atomic E-state index is 12.3. The van der Waals surface area contributed by atoms with E-state index in [4.69, 9.17) is 0 Å². The zero-order valence-corrected chi connectivity index (χ0v) is 14.3. The van der Waals surface area contributed by atoms with E-state index in [9.17, 15) is 4.79 Å². The van der Waals surface area contributed by atoms with E-state index in [0.717, 1.165) is 30.8 Å². The lowest BCUT2D eigenvalue weighted by atomic mass is 10.2. The maximum absolute atomic E-state index is 12.3. The second-order valence-corrected chi connectivity index (χ2v) is 5.57. The highest BCUT2D eigenvalue weighted by Crippen LogP contribution is 2.20. The SMILES string of the molecule is C=CCNC(=O)c1cc(N(C)CCCC)nc(-c2ccccc2)n1. The minimum Gasteiger partial charge on any atom is -0.360 e. The molecule has 0 atom stereocenters. The summed E-state index contributed by atoms with van der Waals surface area (Å²) in [7, 11) is 1.98. The van der Waals surface area contributed by atoms with Crippen LogP contribution >= 0.6 is 0 Å². The van der Waals surface area contributed by atoms with Crippen LogP contribution in [0.25, 0.3) is 11.4 Å². The molecule has 5 heteroatoms. The molecule has 0 spiro atoms. The quantitative estimate of drug-likeness (QED) is 0.757. The van der Waals surface area contributed by atoms with Gasteiger partial charge in [-0.25, -0.2) is 9.97 Å². The Morgan fingerprint density at radius 2 is 2.04 bits per heavy atom. The molecule has 0 aliphatic heterocycles. The number of carbonyl (C=O) groups is 1. The Morgan fingerprint density at radius 1 is 1.29 bits per heavy atom. The topological polar surface area (TPSA) is 58.1 Å². The van der Waals surface area contributed by atoms with Crippen molar-refractivity contribution in [1.82, 2.24) is 15.3 Å². The van der Waals surface area contributed by atoms with Crippen molar-refractivity contribution >= 4 is 11.7 Å². The lowest BCUT2D eigenvalue weighted by Gasteiger charge is -2.19. The predicted molar refractivity (Wildman–Crippen MR) is 98.2 cm³/mol. The molecular weight excluding hydrogens is 300 g/mol. The number of benzene rings is 1. The zero-order valence-electron chi connectivity index (χ0n) is 14.3. The molecule has 0 bridgehead atoms. The first-order valence-electron chi connectivity index (χ1n) is 8.20. The summed E-state index contributed by atoms with van der Waals surface area (Å²) < 4.78 is 0. The first-order valence-corrected chi connectivity index (χ1v) is 8.20. The van der Waals surface area contributed by atoms with Gasteiger partial charge in [0.2, 0.25) is 0 Å². The number of nitrogens with one attached hydrogen (secondary N) is 1. The molecule has 24 heavy (non-hydrogen) atoms. The molecule has 0 radical (unpaired) electrons. The molecule has 2 rings (SSSR count). The molecule has 0 fully saturated rings. The van der Waals surface area contributed by atoms with Gasteiger partial charge in [0.15, 0.2) is 5.82 Å². The molecule has 5 nitrogen and oxygen atoms in total. The third-order valence-corrected chi connectivity index (χ3v) is 3.62. The summed E-state index contributed by atoms with van der Waals surface area (Å²) >= 11 is 0. The van der Waals surface area contributed by atoms with E-state index in [1.807, 2.05) is 37.4 Å². The molecule has 0 unspecified atom stereocenters. The molecular formula is C19H24N4O. The number of aromatic nitrogens is 2. The van der Waals surface area contributed by atoms with E-state index in [2.05, 4.69) is 33.7 Å². The molecule has 1 amide bonds. The van der Waals surface area contributed by atoms with Crippen LogP contribution in [0.2, 0.25) is 0 Å². The number of unbranched alkanes of at least 4 members (excludes halogenated alkanes) is 1. The summed E-state index contributed by atoms with van der Waals surface area (Å²) in [6.07, 6.45) is 3.82. The van der Waals surface area contributed by atoms with E-state index in [-0.39, 0.29) is 5.91 Å². The van der Waals surface area contributed by atoms with Crippen LogP contribution in [0.15, 0.2) is 49.1 Å². The predicted octanol–water partition coefficient (Wildman–Crippen LogP) is 3.30. The van der Waals surface area contributed by atoms with Crippen molar-refractivity contribution in [1.29, 1.82) is 0 Å². The molecule has 2 aromatic rings. The minimum atomic E-state index is -0.223. The van der Waals surface area contributed by atoms with Gasteiger partial charge in [0.1, 0.15) is 11.5 Å². The van der Waals surface area contributed by atoms with Crippen LogP contribution in [0, 0.1) is 0 Å². The fourth-order valence-electron chi connectivity index (χ4n) is 2.23. The first kappa shape index (κ1) is 17.7. The lowest BCUT2D eigenvalue weighted by Crippen LogP contribution is -2.26. The van der Waals surface area contributed by atoms with Gasteiger partial charge in [-0.2, -0.15) is 0 Å². The molecule has 0 saturated heterocycles. The molecule has 1 aromatic carbocycles. The van der Waals surface area contributed by atoms with Crippen molar-refractivity contribution in [2.75, 3.05) is 25.0 Å². The number of nitrogens with zero attached hydrogens (tertiary/aromatic N) is 3. The van der Waals surface area contributed by atoms with Gasteiger partial charge in [0, 0.05) is 31.8 Å². The number of hydrogen-bond donors (Lipinski definition) is 1. The smallest absolute Gasteiger partial charge is 0.270 e. The van der Waals surface area contributed by atoms with Gasteiger partial charge < -0.3 is 10.2 Å². The van der Waals surface area contributed by atoms with Gasteiger partial charge in [-0.15, -0.1) is 6.58 Å². The van der Waals surface area contributed by atoms with Gasteiger partial charge in [-0.1, -0.05) is 49.8 Å². The number of rotatable bonds is 8. The van der Waals surface area contributed by atoms with Crippen molar-refractivity contribution < 1.29 is 4.79 Å². The van der Waals surface area contributed by atoms with Crippen molar-refractivity contribution in [3.8, 4) is 11.4 Å². The van der Waals surface area contributed by atoms with Gasteiger partial charge >= 0.3 is 0 Å². The first-order chi connectivity index (χ1) is 11.7. The normalized spacial score (nSPS) is 10.2. The van der Waals surface area contributed by atoms with Crippen LogP contribution in [-0.2, 0) is 0 Å². The molecule has 1 N–H and O–H groups in total. The summed E-state index contributed by atoms with van der Waals surface area (Å²) in [5.41, 5.74) is 1.25. The Bertz CT molecular complexity index is 685. The second-order valence-electron chi connectivity index (χ2n) is 5.57. The van der Waals surface area contributed by atoms with Crippen molar-refractivity contribution in [2.24, 2.45) is 0 Å². The molecule has 1 aromatic heterocycles. The monoisotopic (exact) mass is 324 g/mol. The number of anilines is 1. The highest BCUT2D eigenvalue weighted by Gasteiger charge is 2.14. The van der Waals surface area contributed by atoms with Gasteiger partial charge in [0.05, 0.1) is 0 Å². The number of carbonyl (C=O) groups excluding carboxylic acids is 1. The van der Waals surface area contributed by atoms with Crippen LogP contribution in [0.1, 0.15) is 30.3 Å². The highest BCUT2D eigenvalue weighted by atomic mass is 16.1. The second kappa shape index (κ2) is 8.82. The van der Waals surface area contributed by atoms with Crippen LogP contribution in [-0.4, -0.2) is 36.0 Å². The summed E-state index contributed by atoms with van der Waals surface area (Å²) in [6.45, 7) is 7.06. The molecule has 126 valence electrons. The summed E-state index contributed by atoms with van der Waals surface area (Å²) in [6, 6.07) is 11.4. The van der Waals surface area contributed by atoms with Crippen LogP contribution < -0.4 is 10.2 Å². The van der Waals surface area contributed by atoms with Crippen LogP contribution in [0.5, 0.6) is 0 Å². The zero-order chi connectivity index (χ0) is 17.4. The van der Waals surface area contributed by atoms with Gasteiger partial charge in [-0.05, 0) is 6.42 Å². The molecule has 0 aliphatic rings. The van der Waals surface area contributed by atoms with Crippen molar-refractivity contribution in [3.05, 3.63) is 54.7 Å². The Kier molecular flexibility index (Phi) is 6.49. The number of amides is 1. The largest absolute Gasteiger partial charge is 0.360 e. The van der Waals surface area contributed by atoms with E-state index in [0.29, 0.717) is 18.1 Å². The van der Waals surface area contributed by atoms with Crippen molar-refractivity contribution in [3.63, 3.8) is 0 Å². The van der Waals surface area contributed by atoms with E-state index in [1.165, 1.54) is 0 Å². The molecule has 0 saturated carbocycles. The number of hydrogen-bond acceptors (Lipinski definition) is 4. The average molecular weight is 324 g/mol. The third kappa shape index (κ3) is 4.65. The van der Waals surface area contributed by atoms with E-state index in [1.54, 1.807) is 12.1 Å². The van der Waals surface area contributed by atoms with Gasteiger partial charge in [0.25, 0.3) is 5.91 Å². The third-order valence-electron chi connectivity index (χ3n) is 3.62. The fourth-order valence-corrected chi connectivity index (χ4v) is 2.23. The minimum absolute atomic E-state index is 0.223. The molecule has 1 heterocycles. The average Bonchev–Trinajstić information content (AvgIpc) is 2.64. The molecule has 0 aliphatic carbocycles. The Hall–Kier alpha value is -2.69. The van der Waals surface area contributed by atoms with E-state index >= 15 is 0 Å². The summed E-state index contributed by atoms with van der Waals surface area (Å²) in [4.78, 5) is 23.4. The maximum Gasteiger partial charge on any atom is 0.270 e.